The number of nitrogens with zero attached hydrogens (tertiary/aromatic N) is 2. The predicted octanol–water partition coefficient (Wildman–Crippen LogP) is 10.5. The number of benzene rings is 5. The van der Waals surface area contributed by atoms with E-state index in [0.29, 0.717) is 0 Å². The first-order chi connectivity index (χ1) is 20.9. The van der Waals surface area contributed by atoms with E-state index in [-0.39, 0.29) is 10.8 Å². The van der Waals surface area contributed by atoms with Crippen LogP contribution in [-0.2, 0) is 10.8 Å². The van der Waals surface area contributed by atoms with E-state index in [9.17, 15) is 0 Å². The van der Waals surface area contributed by atoms with Gasteiger partial charge in [-0.3, -0.25) is 4.57 Å². The first-order valence-electron chi connectivity index (χ1n) is 15.2. The molecular weight excluding hydrogens is 520 g/mol. The highest BCUT2D eigenvalue weighted by Crippen LogP contribution is 2.59. The Morgan fingerprint density at radius 2 is 1.16 bits per heavy atom. The van der Waals surface area contributed by atoms with Crippen LogP contribution in [0.1, 0.15) is 49.9 Å². The maximum Gasteiger partial charge on any atom is 0.138 e. The molecule has 0 atom stereocenters. The number of rotatable bonds is 2. The molecule has 0 saturated heterocycles. The normalized spacial score (nSPS) is 15.3. The highest BCUT2D eigenvalue weighted by molar-refractivity contribution is 6.11. The van der Waals surface area contributed by atoms with Crippen LogP contribution in [-0.4, -0.2) is 9.55 Å². The Morgan fingerprint density at radius 1 is 0.488 bits per heavy atom. The fraction of sp³-hybridized carbons (Fsp3) is 0.146. The summed E-state index contributed by atoms with van der Waals surface area (Å²) in [6.07, 6.45) is 0. The van der Waals surface area contributed by atoms with Crippen LogP contribution in [0.15, 0.2) is 121 Å². The van der Waals surface area contributed by atoms with Gasteiger partial charge in [0.05, 0.1) is 16.7 Å². The molecule has 0 spiro atoms. The van der Waals surface area contributed by atoms with Crippen molar-refractivity contribution in [1.29, 1.82) is 0 Å². The van der Waals surface area contributed by atoms with Gasteiger partial charge in [-0.2, -0.15) is 0 Å². The largest absolute Gasteiger partial charge is 0.294 e. The van der Waals surface area contributed by atoms with Crippen molar-refractivity contribution < 1.29 is 0 Å². The zero-order valence-electron chi connectivity index (χ0n) is 24.9. The van der Waals surface area contributed by atoms with Crippen LogP contribution in [0.4, 0.5) is 0 Å². The van der Waals surface area contributed by atoms with Crippen molar-refractivity contribution in [2.75, 3.05) is 0 Å². The average molecular weight is 553 g/mol. The number of fused-ring (bicyclic) bond motifs is 10. The summed E-state index contributed by atoms with van der Waals surface area (Å²) in [5.74, 6) is 0.943. The Bertz CT molecular complexity index is 2280. The van der Waals surface area contributed by atoms with Gasteiger partial charge < -0.3 is 0 Å². The standard InChI is InChI=1S/C41H32N2/c1-40(2)32-17-10-8-15-26(32)28-21-22-29-30-23-31-27-16-9-11-19-35(27)43(36(31)24-33(30)41(3,4)39(29)38(28)40)37-20-12-18-34(42-37)25-13-6-5-7-14-25/h5-24H,1-4H3. The first-order valence-corrected chi connectivity index (χ1v) is 15.2. The number of hydrogen-bond donors (Lipinski definition) is 0. The summed E-state index contributed by atoms with van der Waals surface area (Å²) >= 11 is 0. The predicted molar refractivity (Wildman–Crippen MR) is 179 cm³/mol. The first kappa shape index (κ1) is 24.6. The SMILES string of the molecule is CC1(C)c2ccccc2-c2ccc3c(c21)C(C)(C)c1cc2c(cc1-3)c1ccccc1n2-c1cccc(-c2ccccc2)n1. The highest BCUT2D eigenvalue weighted by Gasteiger charge is 2.45. The van der Waals surface area contributed by atoms with E-state index in [2.05, 4.69) is 154 Å². The molecule has 2 heteroatoms. The molecule has 5 aromatic carbocycles. The zero-order valence-corrected chi connectivity index (χ0v) is 24.9. The smallest absolute Gasteiger partial charge is 0.138 e. The van der Waals surface area contributed by atoms with Gasteiger partial charge in [-0.05, 0) is 74.8 Å². The molecule has 2 aromatic heterocycles. The molecule has 2 nitrogen and oxygen atoms in total. The van der Waals surface area contributed by atoms with Crippen molar-refractivity contribution in [2.24, 2.45) is 0 Å². The van der Waals surface area contributed by atoms with Crippen molar-refractivity contribution in [3.63, 3.8) is 0 Å². The molecule has 0 radical (unpaired) electrons. The lowest BCUT2D eigenvalue weighted by molar-refractivity contribution is 0.601. The molecule has 0 amide bonds. The van der Waals surface area contributed by atoms with Gasteiger partial charge >= 0.3 is 0 Å². The average Bonchev–Trinajstić information content (AvgIpc) is 3.57. The highest BCUT2D eigenvalue weighted by atomic mass is 15.1. The molecule has 0 fully saturated rings. The van der Waals surface area contributed by atoms with Crippen LogP contribution in [0, 0.1) is 0 Å². The minimum Gasteiger partial charge on any atom is -0.294 e. The molecule has 2 aliphatic rings. The summed E-state index contributed by atoms with van der Waals surface area (Å²) in [6.45, 7) is 9.65. The van der Waals surface area contributed by atoms with E-state index in [4.69, 9.17) is 4.98 Å². The van der Waals surface area contributed by atoms with Crippen LogP contribution < -0.4 is 0 Å². The Hall–Kier alpha value is -4.95. The molecule has 0 unspecified atom stereocenters. The number of hydrogen-bond acceptors (Lipinski definition) is 1. The second-order valence-corrected chi connectivity index (χ2v) is 13.2. The van der Waals surface area contributed by atoms with Crippen LogP contribution in [0.25, 0.3) is 61.1 Å². The lowest BCUT2D eigenvalue weighted by atomic mass is 9.72. The maximum atomic E-state index is 5.21. The van der Waals surface area contributed by atoms with E-state index in [1.165, 1.54) is 66.3 Å². The van der Waals surface area contributed by atoms with Crippen molar-refractivity contribution >= 4 is 21.8 Å². The molecule has 0 saturated carbocycles. The van der Waals surface area contributed by atoms with Gasteiger partial charge in [-0.15, -0.1) is 0 Å². The molecule has 0 bridgehead atoms. The van der Waals surface area contributed by atoms with Crippen LogP contribution >= 0.6 is 0 Å². The molecular formula is C41H32N2. The Balaban J connectivity index is 1.32. The molecule has 0 N–H and O–H groups in total. The van der Waals surface area contributed by atoms with Crippen LogP contribution in [0.3, 0.4) is 0 Å². The summed E-state index contributed by atoms with van der Waals surface area (Å²) in [4.78, 5) is 5.21. The molecule has 2 heterocycles. The number of para-hydroxylation sites is 1. The fourth-order valence-corrected chi connectivity index (χ4v) is 8.20. The van der Waals surface area contributed by atoms with Crippen molar-refractivity contribution in [3.8, 4) is 39.3 Å². The summed E-state index contributed by atoms with van der Waals surface area (Å²) in [5.41, 5.74) is 15.6. The third-order valence-electron chi connectivity index (χ3n) is 10.2. The maximum absolute atomic E-state index is 5.21. The number of aromatic nitrogens is 2. The second kappa shape index (κ2) is 8.33. The van der Waals surface area contributed by atoms with Gasteiger partial charge in [0.2, 0.25) is 0 Å². The summed E-state index contributed by atoms with van der Waals surface area (Å²) in [6, 6.07) is 44.2. The topological polar surface area (TPSA) is 17.8 Å². The summed E-state index contributed by atoms with van der Waals surface area (Å²) in [7, 11) is 0. The van der Waals surface area contributed by atoms with Gasteiger partial charge in [0.15, 0.2) is 0 Å². The Labute approximate surface area is 252 Å². The fourth-order valence-electron chi connectivity index (χ4n) is 8.20. The molecule has 43 heavy (non-hydrogen) atoms. The van der Waals surface area contributed by atoms with Crippen LogP contribution in [0.2, 0.25) is 0 Å². The third kappa shape index (κ3) is 3.16. The molecule has 0 aliphatic heterocycles. The van der Waals surface area contributed by atoms with Gasteiger partial charge in [0.1, 0.15) is 5.82 Å². The van der Waals surface area contributed by atoms with Gasteiger partial charge in [0, 0.05) is 27.2 Å². The monoisotopic (exact) mass is 552 g/mol. The van der Waals surface area contributed by atoms with E-state index in [0.717, 1.165) is 17.1 Å². The van der Waals surface area contributed by atoms with Gasteiger partial charge in [0.25, 0.3) is 0 Å². The van der Waals surface area contributed by atoms with E-state index >= 15 is 0 Å². The summed E-state index contributed by atoms with van der Waals surface area (Å²) < 4.78 is 2.36. The van der Waals surface area contributed by atoms with E-state index in [1.54, 1.807) is 0 Å². The minimum atomic E-state index is -0.149. The van der Waals surface area contributed by atoms with Crippen molar-refractivity contribution in [3.05, 3.63) is 144 Å². The Morgan fingerprint density at radius 3 is 1.98 bits per heavy atom. The Kier molecular flexibility index (Phi) is 4.77. The lowest BCUT2D eigenvalue weighted by Crippen LogP contribution is -2.24. The van der Waals surface area contributed by atoms with E-state index < -0.39 is 0 Å². The zero-order chi connectivity index (χ0) is 29.1. The third-order valence-corrected chi connectivity index (χ3v) is 10.2. The van der Waals surface area contributed by atoms with Crippen molar-refractivity contribution in [1.82, 2.24) is 9.55 Å². The molecule has 9 rings (SSSR count). The van der Waals surface area contributed by atoms with Crippen LogP contribution in [0.5, 0.6) is 0 Å². The van der Waals surface area contributed by atoms with Gasteiger partial charge in [-0.1, -0.05) is 119 Å². The van der Waals surface area contributed by atoms with E-state index in [1.807, 2.05) is 0 Å². The van der Waals surface area contributed by atoms with Gasteiger partial charge in [-0.25, -0.2) is 4.98 Å². The lowest BCUT2D eigenvalue weighted by Gasteiger charge is -2.30. The molecule has 2 aliphatic carbocycles. The second-order valence-electron chi connectivity index (χ2n) is 13.2. The quantitative estimate of drug-likeness (QED) is 0.209. The minimum absolute atomic E-state index is 0.0558. The number of pyridine rings is 1. The summed E-state index contributed by atoms with van der Waals surface area (Å²) in [5, 5.41) is 2.53. The van der Waals surface area contributed by atoms with Crippen molar-refractivity contribution in [2.45, 2.75) is 38.5 Å². The molecule has 206 valence electrons. The molecule has 7 aromatic rings.